The Hall–Kier alpha value is -4.05. The lowest BCUT2D eigenvalue weighted by Crippen LogP contribution is -2.21. The van der Waals surface area contributed by atoms with E-state index in [1.54, 1.807) is 30.1 Å². The molecule has 0 fully saturated rings. The Morgan fingerprint density at radius 1 is 1.21 bits per heavy atom. The minimum atomic E-state index is -0.0713. The van der Waals surface area contributed by atoms with Crippen molar-refractivity contribution in [1.82, 2.24) is 30.0 Å². The number of nitrogens with two attached hydrogens (primary N) is 1. The van der Waals surface area contributed by atoms with Gasteiger partial charge in [0.2, 0.25) is 0 Å². The molecule has 0 saturated heterocycles. The molecule has 1 unspecified atom stereocenters. The number of pyridine rings is 1. The Kier molecular flexibility index (Phi) is 6.69. The molecule has 1 atom stereocenters. The van der Waals surface area contributed by atoms with Crippen molar-refractivity contribution in [2.24, 2.45) is 0 Å². The number of nitrogens with zero attached hydrogens (tertiary/aromatic N) is 5. The first-order valence-electron chi connectivity index (χ1n) is 11.0. The fourth-order valence-electron chi connectivity index (χ4n) is 3.55. The molecule has 0 aliphatic rings. The molecule has 0 aliphatic carbocycles. The zero-order valence-corrected chi connectivity index (χ0v) is 19.6. The molecule has 34 heavy (non-hydrogen) atoms. The van der Waals surface area contributed by atoms with Crippen LogP contribution in [-0.4, -0.2) is 38.9 Å². The van der Waals surface area contributed by atoms with Crippen molar-refractivity contribution in [2.45, 2.75) is 32.9 Å². The quantitative estimate of drug-likeness (QED) is 0.405. The van der Waals surface area contributed by atoms with E-state index in [1.165, 1.54) is 6.07 Å². The minimum absolute atomic E-state index is 0.0571. The summed E-state index contributed by atoms with van der Waals surface area (Å²) < 4.78 is 13.1. The van der Waals surface area contributed by atoms with Gasteiger partial charge in [-0.1, -0.05) is 13.0 Å². The molecule has 0 spiro atoms. The highest BCUT2D eigenvalue weighted by Gasteiger charge is 2.19. The number of rotatable bonds is 8. The van der Waals surface area contributed by atoms with Crippen LogP contribution in [0.1, 0.15) is 31.9 Å². The number of hydrogen-bond acceptors (Lipinski definition) is 9. The van der Waals surface area contributed by atoms with Crippen molar-refractivity contribution < 1.29 is 9.15 Å². The highest BCUT2D eigenvalue weighted by Crippen LogP contribution is 2.33. The van der Waals surface area contributed by atoms with Gasteiger partial charge in [-0.2, -0.15) is 0 Å². The summed E-state index contributed by atoms with van der Waals surface area (Å²) in [5.41, 5.74) is 9.27. The van der Waals surface area contributed by atoms with Gasteiger partial charge in [0.1, 0.15) is 5.75 Å². The number of nitrogen functional groups attached to an aromatic ring is 1. The summed E-state index contributed by atoms with van der Waals surface area (Å²) in [4.78, 5) is 21.1. The number of hydrogen-bond donors (Lipinski definition) is 2. The third-order valence-electron chi connectivity index (χ3n) is 5.61. The molecule has 0 saturated carbocycles. The van der Waals surface area contributed by atoms with Crippen LogP contribution >= 0.6 is 0 Å². The van der Waals surface area contributed by atoms with Crippen molar-refractivity contribution in [3.8, 4) is 40.0 Å². The van der Waals surface area contributed by atoms with E-state index < -0.39 is 0 Å². The Labute approximate surface area is 196 Å². The summed E-state index contributed by atoms with van der Waals surface area (Å²) in [7, 11) is 3.47. The Balaban J connectivity index is 1.72. The summed E-state index contributed by atoms with van der Waals surface area (Å²) in [6.07, 6.45) is 4.16. The largest absolute Gasteiger partial charge is 0.496 e. The van der Waals surface area contributed by atoms with E-state index in [2.05, 4.69) is 25.5 Å². The molecule has 4 aromatic rings. The smallest absolute Gasteiger partial charge is 0.270 e. The Bertz CT molecular complexity index is 1360. The molecule has 3 aromatic heterocycles. The van der Waals surface area contributed by atoms with E-state index in [4.69, 9.17) is 14.9 Å². The van der Waals surface area contributed by atoms with Gasteiger partial charge >= 0.3 is 0 Å². The lowest BCUT2D eigenvalue weighted by Gasteiger charge is -2.14. The highest BCUT2D eigenvalue weighted by molar-refractivity contribution is 5.69. The molecule has 0 radical (unpaired) electrons. The van der Waals surface area contributed by atoms with Crippen LogP contribution in [-0.2, 0) is 6.54 Å². The van der Waals surface area contributed by atoms with E-state index >= 15 is 0 Å². The zero-order chi connectivity index (χ0) is 24.2. The lowest BCUT2D eigenvalue weighted by molar-refractivity contribution is 0.413. The number of anilines is 1. The fraction of sp³-hybridized carbons (Fsp3) is 0.292. The number of nitrogens with one attached hydrogen (secondary N) is 1. The van der Waals surface area contributed by atoms with Crippen LogP contribution in [0.25, 0.3) is 34.3 Å². The predicted molar refractivity (Wildman–Crippen MR) is 129 cm³/mol. The second kappa shape index (κ2) is 9.84. The van der Waals surface area contributed by atoms with Crippen LogP contribution in [0.2, 0.25) is 0 Å². The van der Waals surface area contributed by atoms with Crippen molar-refractivity contribution >= 4 is 5.82 Å². The van der Waals surface area contributed by atoms with Crippen LogP contribution < -0.4 is 21.3 Å². The average Bonchev–Trinajstić information content (AvgIpc) is 3.34. The molecule has 0 bridgehead atoms. The van der Waals surface area contributed by atoms with Crippen molar-refractivity contribution in [1.29, 1.82) is 0 Å². The topological polar surface area (TPSA) is 134 Å². The first kappa shape index (κ1) is 23.1. The minimum Gasteiger partial charge on any atom is -0.496 e. The van der Waals surface area contributed by atoms with Crippen molar-refractivity contribution in [3.05, 3.63) is 58.6 Å². The van der Waals surface area contributed by atoms with Crippen molar-refractivity contribution in [2.75, 3.05) is 19.9 Å². The second-order valence-corrected chi connectivity index (χ2v) is 7.89. The molecule has 1 aromatic carbocycles. The maximum absolute atomic E-state index is 12.3. The standard InChI is InChI=1S/C24H27N7O3/c1-5-14(2)31-13-16(7-9-20(31)32)18-12-27-22(25)21(28-18)24-30-29-23(34-24)17-8-6-15(11-26-3)10-19(17)33-4/h6-10,12-14,26H,5,11H2,1-4H3,(H2,25,27). The van der Waals surface area contributed by atoms with E-state index in [1.807, 2.05) is 39.1 Å². The summed E-state index contributed by atoms with van der Waals surface area (Å²) in [5.74, 6) is 1.19. The summed E-state index contributed by atoms with van der Waals surface area (Å²) in [6, 6.07) is 9.03. The van der Waals surface area contributed by atoms with Gasteiger partial charge in [-0.3, -0.25) is 4.79 Å². The third kappa shape index (κ3) is 4.53. The summed E-state index contributed by atoms with van der Waals surface area (Å²) >= 11 is 0. The monoisotopic (exact) mass is 461 g/mol. The first-order chi connectivity index (χ1) is 16.4. The number of benzene rings is 1. The maximum atomic E-state index is 12.3. The SMILES string of the molecule is CCC(C)n1cc(-c2cnc(N)c(-c3nnc(-c4ccc(CNC)cc4OC)o3)n2)ccc1=O. The predicted octanol–water partition coefficient (Wildman–Crippen LogP) is 3.30. The summed E-state index contributed by atoms with van der Waals surface area (Å²) in [5, 5.41) is 11.4. The van der Waals surface area contributed by atoms with Gasteiger partial charge in [-0.15, -0.1) is 10.2 Å². The zero-order valence-electron chi connectivity index (χ0n) is 19.6. The van der Waals surface area contributed by atoms with E-state index in [0.29, 0.717) is 23.6 Å². The van der Waals surface area contributed by atoms with E-state index in [9.17, 15) is 4.79 Å². The lowest BCUT2D eigenvalue weighted by atomic mass is 10.1. The highest BCUT2D eigenvalue weighted by atomic mass is 16.5. The fourth-order valence-corrected chi connectivity index (χ4v) is 3.55. The molecule has 10 nitrogen and oxygen atoms in total. The Morgan fingerprint density at radius 3 is 2.74 bits per heavy atom. The third-order valence-corrected chi connectivity index (χ3v) is 5.61. The van der Waals surface area contributed by atoms with Crippen LogP contribution in [0, 0.1) is 0 Å². The number of methoxy groups -OCH3 is 1. The van der Waals surface area contributed by atoms with Crippen LogP contribution in [0.4, 0.5) is 5.82 Å². The van der Waals surface area contributed by atoms with E-state index in [0.717, 1.165) is 17.5 Å². The van der Waals surface area contributed by atoms with Crippen LogP contribution in [0.15, 0.2) is 51.9 Å². The number of ether oxygens (including phenoxy) is 1. The molecule has 10 heteroatoms. The maximum Gasteiger partial charge on any atom is 0.270 e. The van der Waals surface area contributed by atoms with Gasteiger partial charge in [0, 0.05) is 30.4 Å². The second-order valence-electron chi connectivity index (χ2n) is 7.89. The average molecular weight is 462 g/mol. The van der Waals surface area contributed by atoms with Gasteiger partial charge in [-0.25, -0.2) is 9.97 Å². The molecule has 176 valence electrons. The van der Waals surface area contributed by atoms with E-state index in [-0.39, 0.29) is 34.9 Å². The molecule has 3 N–H and O–H groups in total. The van der Waals surface area contributed by atoms with Crippen LogP contribution in [0.5, 0.6) is 5.75 Å². The molecule has 0 aliphatic heterocycles. The van der Waals surface area contributed by atoms with Gasteiger partial charge in [-0.05, 0) is 44.2 Å². The summed E-state index contributed by atoms with van der Waals surface area (Å²) in [6.45, 7) is 4.72. The molecule has 4 rings (SSSR count). The molecule has 0 amide bonds. The van der Waals surface area contributed by atoms with Gasteiger partial charge in [0.05, 0.1) is 24.6 Å². The number of aromatic nitrogens is 5. The first-order valence-corrected chi connectivity index (χ1v) is 11.0. The van der Waals surface area contributed by atoms with Gasteiger partial charge < -0.3 is 24.8 Å². The molecule has 3 heterocycles. The normalized spacial score (nSPS) is 12.0. The Morgan fingerprint density at radius 2 is 2.00 bits per heavy atom. The molecular formula is C24H27N7O3. The molecular weight excluding hydrogens is 434 g/mol. The van der Waals surface area contributed by atoms with Crippen molar-refractivity contribution in [3.63, 3.8) is 0 Å². The van der Waals surface area contributed by atoms with Gasteiger partial charge in [0.25, 0.3) is 17.3 Å². The van der Waals surface area contributed by atoms with Gasteiger partial charge in [0.15, 0.2) is 11.5 Å². The van der Waals surface area contributed by atoms with Crippen LogP contribution in [0.3, 0.4) is 0 Å².